The van der Waals surface area contributed by atoms with Crippen molar-refractivity contribution in [1.29, 1.82) is 0 Å². The molecule has 0 aromatic heterocycles. The minimum absolute atomic E-state index is 0.353. The first-order chi connectivity index (χ1) is 12.9. The maximum absolute atomic E-state index is 10.7. The van der Waals surface area contributed by atoms with Crippen molar-refractivity contribution in [3.8, 4) is 0 Å². The lowest BCUT2D eigenvalue weighted by molar-refractivity contribution is -0.890. The Kier molecular flexibility index (Phi) is 16.7. The van der Waals surface area contributed by atoms with Crippen LogP contribution in [-0.2, 0) is 4.79 Å². The van der Waals surface area contributed by atoms with Crippen LogP contribution in [0.3, 0.4) is 0 Å². The molecule has 0 saturated carbocycles. The van der Waals surface area contributed by atoms with Crippen molar-refractivity contribution in [2.24, 2.45) is 0 Å². The normalized spacial score (nSPS) is 12.5. The Hall–Kier alpha value is -0.830. The lowest BCUT2D eigenvalue weighted by atomic mass is 10.0. The zero-order chi connectivity index (χ0) is 20.4. The van der Waals surface area contributed by atoms with E-state index in [9.17, 15) is 9.90 Å². The topological polar surface area (TPSA) is 40.1 Å². The van der Waals surface area contributed by atoms with Gasteiger partial charge in [0.2, 0.25) is 0 Å². The number of carboxylic acid groups (broad SMARTS) is 1. The molecule has 0 rings (SSSR count). The summed E-state index contributed by atoms with van der Waals surface area (Å²) in [5.41, 5.74) is 0.353. The maximum Gasteiger partial charge on any atom is 0.0817 e. The second-order valence-corrected chi connectivity index (χ2v) is 8.94. The molecule has 0 aliphatic carbocycles. The van der Waals surface area contributed by atoms with Crippen molar-refractivity contribution < 1.29 is 14.4 Å². The molecule has 0 saturated heterocycles. The van der Waals surface area contributed by atoms with Crippen LogP contribution in [0.2, 0.25) is 0 Å². The Morgan fingerprint density at radius 3 is 1.56 bits per heavy atom. The fourth-order valence-corrected chi connectivity index (χ4v) is 3.56. The van der Waals surface area contributed by atoms with E-state index in [1.165, 1.54) is 96.4 Å². The van der Waals surface area contributed by atoms with Crippen LogP contribution in [0.25, 0.3) is 0 Å². The highest BCUT2D eigenvalue weighted by Gasteiger charge is 2.13. The van der Waals surface area contributed by atoms with Crippen LogP contribution in [0.4, 0.5) is 0 Å². The Bertz CT molecular complexity index is 388. The number of nitrogens with zero attached hydrogens (tertiary/aromatic N) is 1. The average Bonchev–Trinajstić information content (AvgIpc) is 2.61. The zero-order valence-electron chi connectivity index (χ0n) is 18.9. The standard InChI is InChI=1S/C24H47NO2/c1-5-6-7-8-9-10-11-12-13-14-15-16-17-18-21-25(3,4)22-19-20-23(2)24(26)27/h20H,5-19,21-22H2,1-4H3. The summed E-state index contributed by atoms with van der Waals surface area (Å²) in [6.45, 7) is 6.06. The Morgan fingerprint density at radius 1 is 0.741 bits per heavy atom. The Balaban J connectivity index is 3.42. The Labute approximate surface area is 169 Å². The van der Waals surface area contributed by atoms with Gasteiger partial charge in [0.05, 0.1) is 33.2 Å². The third kappa shape index (κ3) is 18.3. The van der Waals surface area contributed by atoms with Crippen molar-refractivity contribution in [3.63, 3.8) is 0 Å². The van der Waals surface area contributed by atoms with Gasteiger partial charge in [0, 0.05) is 6.42 Å². The van der Waals surface area contributed by atoms with Gasteiger partial charge in [0.15, 0.2) is 0 Å². The summed E-state index contributed by atoms with van der Waals surface area (Å²) in [7, 11) is 4.48. The largest absolute Gasteiger partial charge is 0.545 e. The first kappa shape index (κ1) is 26.2. The minimum atomic E-state index is -1.05. The summed E-state index contributed by atoms with van der Waals surface area (Å²) in [6, 6.07) is 0. The van der Waals surface area contributed by atoms with Gasteiger partial charge in [-0.3, -0.25) is 0 Å². The molecule has 27 heavy (non-hydrogen) atoms. The number of aliphatic carboxylic acids is 1. The number of carbonyl (C=O) groups excluding carboxylic acids is 1. The number of quaternary nitrogens is 1. The van der Waals surface area contributed by atoms with E-state index in [-0.39, 0.29) is 0 Å². The minimum Gasteiger partial charge on any atom is -0.545 e. The van der Waals surface area contributed by atoms with Crippen LogP contribution in [-0.4, -0.2) is 37.6 Å². The van der Waals surface area contributed by atoms with Crippen molar-refractivity contribution in [2.45, 2.75) is 110 Å². The SMILES string of the molecule is CCCCCCCCCCCCCCCC[N+](C)(C)CCC=C(C)C(=O)[O-]. The molecule has 0 radical (unpaired) electrons. The van der Waals surface area contributed by atoms with Gasteiger partial charge >= 0.3 is 0 Å². The maximum atomic E-state index is 10.7. The van der Waals surface area contributed by atoms with Crippen LogP contribution >= 0.6 is 0 Å². The van der Waals surface area contributed by atoms with Crippen LogP contribution in [0.5, 0.6) is 0 Å². The molecule has 0 unspecified atom stereocenters. The average molecular weight is 382 g/mol. The number of unbranched alkanes of at least 4 members (excludes halogenated alkanes) is 13. The van der Waals surface area contributed by atoms with Gasteiger partial charge in [0.25, 0.3) is 0 Å². The number of hydrogen-bond acceptors (Lipinski definition) is 2. The fourth-order valence-electron chi connectivity index (χ4n) is 3.56. The summed E-state index contributed by atoms with van der Waals surface area (Å²) in [4.78, 5) is 10.7. The fraction of sp³-hybridized carbons (Fsp3) is 0.875. The quantitative estimate of drug-likeness (QED) is 0.165. The van der Waals surface area contributed by atoms with Gasteiger partial charge in [-0.15, -0.1) is 0 Å². The summed E-state index contributed by atoms with van der Waals surface area (Å²) in [5, 5.41) is 10.7. The predicted molar refractivity (Wildman–Crippen MR) is 116 cm³/mol. The molecule has 160 valence electrons. The molecular formula is C24H47NO2. The van der Waals surface area contributed by atoms with Gasteiger partial charge in [-0.05, 0) is 25.3 Å². The van der Waals surface area contributed by atoms with Gasteiger partial charge in [0.1, 0.15) is 0 Å². The van der Waals surface area contributed by atoms with E-state index >= 15 is 0 Å². The van der Waals surface area contributed by atoms with Gasteiger partial charge < -0.3 is 14.4 Å². The molecule has 0 aliphatic rings. The van der Waals surface area contributed by atoms with Crippen molar-refractivity contribution >= 4 is 5.97 Å². The van der Waals surface area contributed by atoms with Gasteiger partial charge in [-0.2, -0.15) is 0 Å². The highest BCUT2D eigenvalue weighted by Crippen LogP contribution is 2.13. The van der Waals surface area contributed by atoms with Crippen molar-refractivity contribution in [1.82, 2.24) is 0 Å². The highest BCUT2D eigenvalue weighted by atomic mass is 16.4. The number of rotatable bonds is 19. The van der Waals surface area contributed by atoms with E-state index in [2.05, 4.69) is 21.0 Å². The summed E-state index contributed by atoms with van der Waals surface area (Å²) in [5.74, 6) is -1.05. The summed E-state index contributed by atoms with van der Waals surface area (Å²) < 4.78 is 0.967. The monoisotopic (exact) mass is 381 g/mol. The molecule has 0 aromatic carbocycles. The molecule has 0 N–H and O–H groups in total. The summed E-state index contributed by atoms with van der Waals surface area (Å²) in [6.07, 6.45) is 22.1. The first-order valence-corrected chi connectivity index (χ1v) is 11.6. The van der Waals surface area contributed by atoms with Crippen molar-refractivity contribution in [2.75, 3.05) is 27.2 Å². The van der Waals surface area contributed by atoms with E-state index in [4.69, 9.17) is 0 Å². The van der Waals surface area contributed by atoms with Crippen LogP contribution in [0.15, 0.2) is 11.6 Å². The van der Waals surface area contributed by atoms with E-state index in [1.54, 1.807) is 13.0 Å². The first-order valence-electron chi connectivity index (χ1n) is 11.6. The van der Waals surface area contributed by atoms with Crippen LogP contribution < -0.4 is 5.11 Å². The molecule has 0 aliphatic heterocycles. The lowest BCUT2D eigenvalue weighted by Gasteiger charge is -2.29. The summed E-state index contributed by atoms with van der Waals surface area (Å²) >= 11 is 0. The second kappa shape index (κ2) is 17.3. The van der Waals surface area contributed by atoms with E-state index in [0.29, 0.717) is 5.57 Å². The second-order valence-electron chi connectivity index (χ2n) is 8.94. The molecule has 0 aromatic rings. The van der Waals surface area contributed by atoms with Crippen molar-refractivity contribution in [3.05, 3.63) is 11.6 Å². The van der Waals surface area contributed by atoms with Crippen LogP contribution in [0, 0.1) is 0 Å². The van der Waals surface area contributed by atoms with E-state index in [1.807, 2.05) is 0 Å². The molecule has 0 heterocycles. The molecule has 3 nitrogen and oxygen atoms in total. The molecular weight excluding hydrogens is 334 g/mol. The van der Waals surface area contributed by atoms with Gasteiger partial charge in [-0.1, -0.05) is 90.0 Å². The Morgan fingerprint density at radius 2 is 1.15 bits per heavy atom. The number of carboxylic acids is 1. The van der Waals surface area contributed by atoms with E-state index in [0.717, 1.165) is 17.4 Å². The van der Waals surface area contributed by atoms with Crippen LogP contribution in [0.1, 0.15) is 110 Å². The smallest absolute Gasteiger partial charge is 0.0817 e. The van der Waals surface area contributed by atoms with E-state index < -0.39 is 5.97 Å². The highest BCUT2D eigenvalue weighted by molar-refractivity contribution is 5.83. The molecule has 3 heteroatoms. The molecule has 0 bridgehead atoms. The zero-order valence-corrected chi connectivity index (χ0v) is 18.9. The van der Waals surface area contributed by atoms with Gasteiger partial charge in [-0.25, -0.2) is 0 Å². The number of hydrogen-bond donors (Lipinski definition) is 0. The third-order valence-corrected chi connectivity index (χ3v) is 5.62. The molecule has 0 fully saturated rings. The predicted octanol–water partition coefficient (Wildman–Crippen LogP) is 5.63. The molecule has 0 spiro atoms. The molecule has 0 amide bonds. The third-order valence-electron chi connectivity index (χ3n) is 5.62. The molecule has 0 atom stereocenters. The lowest BCUT2D eigenvalue weighted by Crippen LogP contribution is -2.41. The number of carbonyl (C=O) groups is 1.